The Hall–Kier alpha value is -3.02. The molecule has 0 saturated carbocycles. The molecule has 0 aliphatic carbocycles. The van der Waals surface area contributed by atoms with Gasteiger partial charge in [-0.2, -0.15) is 0 Å². The normalized spacial score (nSPS) is 22.9. The van der Waals surface area contributed by atoms with E-state index in [-0.39, 0.29) is 6.03 Å². The zero-order chi connectivity index (χ0) is 20.9. The van der Waals surface area contributed by atoms with Gasteiger partial charge in [0.1, 0.15) is 18.2 Å². The third-order valence-corrected chi connectivity index (χ3v) is 7.16. The number of aromatic nitrogens is 2. The summed E-state index contributed by atoms with van der Waals surface area (Å²) in [6.07, 6.45) is 5.90. The van der Waals surface area contributed by atoms with Crippen molar-refractivity contribution in [3.05, 3.63) is 47.8 Å². The smallest absolute Gasteiger partial charge is 0.320 e. The second-order valence-electron chi connectivity index (χ2n) is 9.15. The summed E-state index contributed by atoms with van der Waals surface area (Å²) in [5, 5.41) is 0. The van der Waals surface area contributed by atoms with E-state index in [1.165, 1.54) is 6.42 Å². The highest BCUT2D eigenvalue weighted by molar-refractivity contribution is 5.82. The van der Waals surface area contributed by atoms with Gasteiger partial charge in [0.2, 0.25) is 0 Å². The number of aromatic amines is 1. The molecule has 3 aliphatic heterocycles. The number of nitrogens with one attached hydrogen (secondary N) is 1. The first-order valence-electron chi connectivity index (χ1n) is 11.5. The van der Waals surface area contributed by atoms with Crippen molar-refractivity contribution in [3.63, 3.8) is 0 Å². The summed E-state index contributed by atoms with van der Waals surface area (Å²) >= 11 is 0. The molecule has 6 rings (SSSR count). The topological polar surface area (TPSA) is 61.5 Å². The molecule has 2 unspecified atom stereocenters. The van der Waals surface area contributed by atoms with Crippen LogP contribution in [0, 0.1) is 6.92 Å². The number of fused-ring (bicyclic) bond motifs is 4. The second kappa shape index (κ2) is 7.29. The highest BCUT2D eigenvalue weighted by atomic mass is 16.5. The number of amides is 2. The molecule has 2 fully saturated rings. The van der Waals surface area contributed by atoms with Gasteiger partial charge in [0.15, 0.2) is 0 Å². The van der Waals surface area contributed by atoms with Crippen molar-refractivity contribution >= 4 is 17.1 Å². The van der Waals surface area contributed by atoms with E-state index in [0.717, 1.165) is 65.0 Å². The van der Waals surface area contributed by atoms with Crippen molar-refractivity contribution < 1.29 is 9.53 Å². The van der Waals surface area contributed by atoms with Gasteiger partial charge in [0, 0.05) is 17.6 Å². The van der Waals surface area contributed by atoms with E-state index in [0.29, 0.717) is 31.8 Å². The Labute approximate surface area is 182 Å². The maximum atomic E-state index is 13.5. The Morgan fingerprint density at radius 3 is 2.68 bits per heavy atom. The first-order chi connectivity index (χ1) is 15.2. The highest BCUT2D eigenvalue weighted by Crippen LogP contribution is 2.37. The van der Waals surface area contributed by atoms with E-state index in [1.54, 1.807) is 0 Å². The zero-order valence-corrected chi connectivity index (χ0v) is 17.9. The average Bonchev–Trinajstić information content (AvgIpc) is 3.16. The zero-order valence-electron chi connectivity index (χ0n) is 17.9. The van der Waals surface area contributed by atoms with Gasteiger partial charge in [-0.3, -0.25) is 0 Å². The van der Waals surface area contributed by atoms with Gasteiger partial charge in [-0.05, 0) is 74.4 Å². The van der Waals surface area contributed by atoms with Crippen molar-refractivity contribution in [2.45, 2.75) is 57.7 Å². The molecule has 0 spiro atoms. The molecular formula is C25H28N4O2. The number of nitrogens with zero attached hydrogens (tertiary/aromatic N) is 3. The van der Waals surface area contributed by atoms with E-state index in [4.69, 9.17) is 4.74 Å². The molecule has 6 heteroatoms. The minimum absolute atomic E-state index is 0.198. The van der Waals surface area contributed by atoms with Crippen LogP contribution in [0.4, 0.5) is 4.79 Å². The molecule has 1 aromatic heterocycles. The van der Waals surface area contributed by atoms with Crippen LogP contribution < -0.4 is 4.74 Å². The fraction of sp³-hybridized carbons (Fsp3) is 0.440. The highest BCUT2D eigenvalue weighted by Gasteiger charge is 2.41. The second-order valence-corrected chi connectivity index (χ2v) is 9.15. The van der Waals surface area contributed by atoms with E-state index < -0.39 is 0 Å². The number of carbonyl (C=O) groups is 1. The van der Waals surface area contributed by atoms with E-state index in [9.17, 15) is 4.79 Å². The number of H-pyrrole nitrogens is 1. The standard InChI is InChI=1S/C25H28N4O2/c1-16-26-22-9-5-18(14-23(22)27-16)17-6-10-24-19(13-17)15-28(11-12-31-24)25(30)29-20-3-2-4-21(29)8-7-20/h5-6,9-10,13-14,20-21H,2-4,7-8,11-12,15H2,1H3,(H,26,27). The Kier molecular flexibility index (Phi) is 4.40. The fourth-order valence-electron chi connectivity index (χ4n) is 5.65. The Bertz CT molecular complexity index is 1140. The number of carbonyl (C=O) groups excluding carboxylic acids is 1. The van der Waals surface area contributed by atoms with Gasteiger partial charge in [0.25, 0.3) is 0 Å². The molecule has 160 valence electrons. The SMILES string of the molecule is Cc1nc2ccc(-c3ccc4c(c3)CN(C(=O)N3C5CCCC3CC5)CCO4)cc2[nH]1. The molecule has 4 heterocycles. The molecule has 2 aromatic carbocycles. The summed E-state index contributed by atoms with van der Waals surface area (Å²) in [5.74, 6) is 1.81. The van der Waals surface area contributed by atoms with Crippen molar-refractivity contribution in [1.29, 1.82) is 0 Å². The molecular weight excluding hydrogens is 388 g/mol. The number of aryl methyl sites for hydroxylation is 1. The van der Waals surface area contributed by atoms with Crippen LogP contribution >= 0.6 is 0 Å². The fourth-order valence-corrected chi connectivity index (χ4v) is 5.65. The lowest BCUT2D eigenvalue weighted by Gasteiger charge is -2.38. The van der Waals surface area contributed by atoms with Crippen molar-refractivity contribution in [2.75, 3.05) is 13.2 Å². The number of hydrogen-bond donors (Lipinski definition) is 1. The van der Waals surface area contributed by atoms with Gasteiger partial charge in [-0.1, -0.05) is 12.1 Å². The van der Waals surface area contributed by atoms with Crippen LogP contribution in [-0.2, 0) is 6.54 Å². The third-order valence-electron chi connectivity index (χ3n) is 7.16. The first kappa shape index (κ1) is 18.7. The van der Waals surface area contributed by atoms with Crippen molar-refractivity contribution in [2.24, 2.45) is 0 Å². The summed E-state index contributed by atoms with van der Waals surface area (Å²) in [5.41, 5.74) is 5.36. The molecule has 2 bridgehead atoms. The van der Waals surface area contributed by atoms with Crippen LogP contribution in [0.2, 0.25) is 0 Å². The summed E-state index contributed by atoms with van der Waals surface area (Å²) in [4.78, 5) is 25.5. The van der Waals surface area contributed by atoms with E-state index in [2.05, 4.69) is 45.2 Å². The third kappa shape index (κ3) is 3.25. The number of urea groups is 1. The average molecular weight is 417 g/mol. The lowest BCUT2D eigenvalue weighted by atomic mass is 10.0. The molecule has 1 N–H and O–H groups in total. The van der Waals surface area contributed by atoms with E-state index >= 15 is 0 Å². The lowest BCUT2D eigenvalue weighted by Crippen LogP contribution is -2.50. The summed E-state index contributed by atoms with van der Waals surface area (Å²) in [6, 6.07) is 13.7. The molecule has 6 nitrogen and oxygen atoms in total. The maximum absolute atomic E-state index is 13.5. The lowest BCUT2D eigenvalue weighted by molar-refractivity contribution is 0.107. The van der Waals surface area contributed by atoms with E-state index in [1.807, 2.05) is 17.9 Å². The van der Waals surface area contributed by atoms with Gasteiger partial charge >= 0.3 is 6.03 Å². The van der Waals surface area contributed by atoms with Crippen LogP contribution in [0.15, 0.2) is 36.4 Å². The maximum Gasteiger partial charge on any atom is 0.320 e. The predicted octanol–water partition coefficient (Wildman–Crippen LogP) is 4.87. The van der Waals surface area contributed by atoms with Gasteiger partial charge in [0.05, 0.1) is 24.1 Å². The number of ether oxygens (including phenoxy) is 1. The minimum Gasteiger partial charge on any atom is -0.491 e. The summed E-state index contributed by atoms with van der Waals surface area (Å²) < 4.78 is 6.02. The number of imidazole rings is 1. The summed E-state index contributed by atoms with van der Waals surface area (Å²) in [6.45, 7) is 3.75. The molecule has 3 aromatic rings. The quantitative estimate of drug-likeness (QED) is 0.616. The first-order valence-corrected chi connectivity index (χ1v) is 11.5. The molecule has 3 aliphatic rings. The van der Waals surface area contributed by atoms with Gasteiger partial charge in [-0.25, -0.2) is 9.78 Å². The predicted molar refractivity (Wildman–Crippen MR) is 120 cm³/mol. The van der Waals surface area contributed by atoms with Crippen LogP contribution in [0.25, 0.3) is 22.2 Å². The monoisotopic (exact) mass is 416 g/mol. The van der Waals surface area contributed by atoms with Crippen LogP contribution in [0.1, 0.15) is 43.5 Å². The van der Waals surface area contributed by atoms with Crippen LogP contribution in [-0.4, -0.2) is 51.0 Å². The minimum atomic E-state index is 0.198. The van der Waals surface area contributed by atoms with Crippen molar-refractivity contribution in [1.82, 2.24) is 19.8 Å². The van der Waals surface area contributed by atoms with Crippen LogP contribution in [0.5, 0.6) is 5.75 Å². The Balaban J connectivity index is 1.29. The Morgan fingerprint density at radius 2 is 1.84 bits per heavy atom. The molecule has 2 atom stereocenters. The number of rotatable bonds is 1. The summed E-state index contributed by atoms with van der Waals surface area (Å²) in [7, 11) is 0. The Morgan fingerprint density at radius 1 is 1.06 bits per heavy atom. The largest absolute Gasteiger partial charge is 0.491 e. The number of hydrogen-bond acceptors (Lipinski definition) is 3. The van der Waals surface area contributed by atoms with Crippen molar-refractivity contribution in [3.8, 4) is 16.9 Å². The van der Waals surface area contributed by atoms with Gasteiger partial charge in [-0.15, -0.1) is 0 Å². The molecule has 2 saturated heterocycles. The number of benzene rings is 2. The number of piperidine rings is 1. The molecule has 31 heavy (non-hydrogen) atoms. The van der Waals surface area contributed by atoms with Crippen LogP contribution in [0.3, 0.4) is 0 Å². The van der Waals surface area contributed by atoms with Gasteiger partial charge < -0.3 is 19.5 Å². The molecule has 0 radical (unpaired) electrons. The molecule has 2 amide bonds.